The number of nitrogens with zero attached hydrogens (tertiary/aromatic N) is 2. The Kier molecular flexibility index (Phi) is 5.57. The highest BCUT2D eigenvalue weighted by Gasteiger charge is 2.12. The quantitative estimate of drug-likeness (QED) is 0.803. The maximum atomic E-state index is 12.0. The van der Waals surface area contributed by atoms with E-state index in [0.29, 0.717) is 16.8 Å². The molecule has 2 aromatic rings. The SMILES string of the molecule is CC(C)CC(CO)NC(=O)/C=C/c1c(Cl)nc2ccccn12. The summed E-state index contributed by atoms with van der Waals surface area (Å²) in [7, 11) is 0. The number of amides is 1. The van der Waals surface area contributed by atoms with Gasteiger partial charge in [0.15, 0.2) is 5.15 Å². The molecule has 0 aliphatic carbocycles. The van der Waals surface area contributed by atoms with Crippen molar-refractivity contribution >= 4 is 29.2 Å². The Bertz CT molecular complexity index is 679. The molecule has 118 valence electrons. The van der Waals surface area contributed by atoms with Crippen LogP contribution in [-0.2, 0) is 4.79 Å². The van der Waals surface area contributed by atoms with E-state index in [1.54, 1.807) is 6.08 Å². The molecule has 6 heteroatoms. The molecular weight excluding hydrogens is 302 g/mol. The van der Waals surface area contributed by atoms with E-state index in [0.717, 1.165) is 12.1 Å². The fraction of sp³-hybridized carbons (Fsp3) is 0.375. The highest BCUT2D eigenvalue weighted by atomic mass is 35.5. The summed E-state index contributed by atoms with van der Waals surface area (Å²) in [6, 6.07) is 5.34. The largest absolute Gasteiger partial charge is 0.394 e. The molecule has 5 nitrogen and oxygen atoms in total. The van der Waals surface area contributed by atoms with Gasteiger partial charge in [0.05, 0.1) is 18.3 Å². The number of fused-ring (bicyclic) bond motifs is 1. The van der Waals surface area contributed by atoms with Crippen molar-refractivity contribution in [2.75, 3.05) is 6.61 Å². The lowest BCUT2D eigenvalue weighted by molar-refractivity contribution is -0.117. The maximum absolute atomic E-state index is 12.0. The van der Waals surface area contributed by atoms with Crippen LogP contribution in [0.25, 0.3) is 11.7 Å². The number of halogens is 1. The van der Waals surface area contributed by atoms with Crippen molar-refractivity contribution in [1.82, 2.24) is 14.7 Å². The number of carbonyl (C=O) groups is 1. The zero-order chi connectivity index (χ0) is 16.1. The number of rotatable bonds is 6. The minimum absolute atomic E-state index is 0.0753. The Morgan fingerprint density at radius 1 is 1.50 bits per heavy atom. The van der Waals surface area contributed by atoms with Gasteiger partial charge in [0.1, 0.15) is 5.65 Å². The van der Waals surface area contributed by atoms with Crippen LogP contribution in [0.2, 0.25) is 5.15 Å². The second-order valence-electron chi connectivity index (χ2n) is 5.57. The number of aliphatic hydroxyl groups excluding tert-OH is 1. The van der Waals surface area contributed by atoms with Crippen LogP contribution in [0.1, 0.15) is 26.0 Å². The van der Waals surface area contributed by atoms with Gasteiger partial charge >= 0.3 is 0 Å². The van der Waals surface area contributed by atoms with Crippen LogP contribution in [0, 0.1) is 5.92 Å². The van der Waals surface area contributed by atoms with E-state index < -0.39 is 0 Å². The Labute approximate surface area is 134 Å². The Morgan fingerprint density at radius 2 is 2.27 bits per heavy atom. The Morgan fingerprint density at radius 3 is 2.95 bits per heavy atom. The summed E-state index contributed by atoms with van der Waals surface area (Å²) in [5, 5.41) is 12.4. The molecule has 22 heavy (non-hydrogen) atoms. The molecule has 0 saturated carbocycles. The van der Waals surface area contributed by atoms with Crippen molar-refractivity contribution < 1.29 is 9.90 Å². The number of hydrogen-bond acceptors (Lipinski definition) is 3. The van der Waals surface area contributed by atoms with Crippen LogP contribution in [0.4, 0.5) is 0 Å². The lowest BCUT2D eigenvalue weighted by Crippen LogP contribution is -2.37. The van der Waals surface area contributed by atoms with Crippen molar-refractivity contribution in [3.63, 3.8) is 0 Å². The number of pyridine rings is 1. The van der Waals surface area contributed by atoms with E-state index in [1.807, 2.05) is 42.6 Å². The molecule has 2 heterocycles. The number of hydrogen-bond donors (Lipinski definition) is 2. The van der Waals surface area contributed by atoms with Crippen molar-refractivity contribution in [2.45, 2.75) is 26.3 Å². The second-order valence-corrected chi connectivity index (χ2v) is 5.93. The zero-order valence-corrected chi connectivity index (χ0v) is 13.4. The molecule has 1 unspecified atom stereocenters. The lowest BCUT2D eigenvalue weighted by atomic mass is 10.0. The molecule has 2 N–H and O–H groups in total. The molecule has 1 atom stereocenters. The fourth-order valence-corrected chi connectivity index (χ4v) is 2.53. The van der Waals surface area contributed by atoms with Crippen LogP contribution in [0.5, 0.6) is 0 Å². The minimum atomic E-state index is -0.262. The molecule has 0 aromatic carbocycles. The van der Waals surface area contributed by atoms with Gasteiger partial charge in [-0.15, -0.1) is 0 Å². The molecule has 0 spiro atoms. The van der Waals surface area contributed by atoms with Gasteiger partial charge in [-0.1, -0.05) is 31.5 Å². The monoisotopic (exact) mass is 321 g/mol. The van der Waals surface area contributed by atoms with Gasteiger partial charge in [0.2, 0.25) is 5.91 Å². The van der Waals surface area contributed by atoms with Gasteiger partial charge in [-0.2, -0.15) is 0 Å². The number of imidazole rings is 1. The Hall–Kier alpha value is -1.85. The summed E-state index contributed by atoms with van der Waals surface area (Å²) in [5.74, 6) is 0.135. The highest BCUT2D eigenvalue weighted by Crippen LogP contribution is 2.18. The van der Waals surface area contributed by atoms with Crippen LogP contribution in [0.3, 0.4) is 0 Å². The summed E-state index contributed by atoms with van der Waals surface area (Å²) >= 11 is 6.10. The number of aromatic nitrogens is 2. The Balaban J connectivity index is 2.10. The third kappa shape index (κ3) is 4.08. The highest BCUT2D eigenvalue weighted by molar-refractivity contribution is 6.31. The summed E-state index contributed by atoms with van der Waals surface area (Å²) < 4.78 is 1.81. The van der Waals surface area contributed by atoms with E-state index in [4.69, 9.17) is 11.6 Å². The summed E-state index contributed by atoms with van der Waals surface area (Å²) in [6.45, 7) is 4.01. The van der Waals surface area contributed by atoms with E-state index >= 15 is 0 Å². The van der Waals surface area contributed by atoms with Crippen LogP contribution in [-0.4, -0.2) is 33.0 Å². The van der Waals surface area contributed by atoms with Gasteiger partial charge in [-0.05, 0) is 30.5 Å². The standard InChI is InChI=1S/C16H20ClN3O2/c1-11(2)9-12(10-21)18-15(22)7-6-13-16(17)19-14-5-3-4-8-20(13)14/h3-8,11-12,21H,9-10H2,1-2H3,(H,18,22)/b7-6+. The smallest absolute Gasteiger partial charge is 0.244 e. The third-order valence-corrected chi connectivity index (χ3v) is 3.52. The van der Waals surface area contributed by atoms with Crippen molar-refractivity contribution in [1.29, 1.82) is 0 Å². The van der Waals surface area contributed by atoms with Gasteiger partial charge in [0.25, 0.3) is 0 Å². The van der Waals surface area contributed by atoms with Crippen LogP contribution >= 0.6 is 11.6 Å². The van der Waals surface area contributed by atoms with Gasteiger partial charge < -0.3 is 10.4 Å². The molecule has 0 aliphatic rings. The number of nitrogens with one attached hydrogen (secondary N) is 1. The van der Waals surface area contributed by atoms with E-state index in [1.165, 1.54) is 6.08 Å². The van der Waals surface area contributed by atoms with Gasteiger partial charge in [-0.3, -0.25) is 9.20 Å². The zero-order valence-electron chi connectivity index (χ0n) is 12.7. The number of aliphatic hydroxyl groups is 1. The first-order valence-electron chi connectivity index (χ1n) is 7.23. The fourth-order valence-electron chi connectivity index (χ4n) is 2.29. The molecule has 0 saturated heterocycles. The van der Waals surface area contributed by atoms with Crippen LogP contribution < -0.4 is 5.32 Å². The molecule has 2 aromatic heterocycles. The van der Waals surface area contributed by atoms with Crippen molar-refractivity contribution in [3.8, 4) is 0 Å². The van der Waals surface area contributed by atoms with Gasteiger partial charge in [-0.25, -0.2) is 4.98 Å². The summed E-state index contributed by atoms with van der Waals surface area (Å²) in [6.07, 6.45) is 5.60. The van der Waals surface area contributed by atoms with Crippen LogP contribution in [0.15, 0.2) is 30.5 Å². The lowest BCUT2D eigenvalue weighted by Gasteiger charge is -2.17. The first-order valence-corrected chi connectivity index (χ1v) is 7.61. The average Bonchev–Trinajstić information content (AvgIpc) is 2.79. The normalized spacial score (nSPS) is 13.1. The summed E-state index contributed by atoms with van der Waals surface area (Å²) in [5.41, 5.74) is 1.37. The molecule has 0 aliphatic heterocycles. The topological polar surface area (TPSA) is 66.6 Å². The predicted molar refractivity (Wildman–Crippen MR) is 87.7 cm³/mol. The molecule has 2 rings (SSSR count). The molecular formula is C16H20ClN3O2. The van der Waals surface area contributed by atoms with E-state index in [-0.39, 0.29) is 18.6 Å². The summed E-state index contributed by atoms with van der Waals surface area (Å²) in [4.78, 5) is 16.2. The number of carbonyl (C=O) groups excluding carboxylic acids is 1. The maximum Gasteiger partial charge on any atom is 0.244 e. The first kappa shape index (κ1) is 16.5. The molecule has 1 amide bonds. The first-order chi connectivity index (χ1) is 10.5. The second kappa shape index (κ2) is 7.42. The van der Waals surface area contributed by atoms with E-state index in [9.17, 15) is 9.90 Å². The molecule has 0 radical (unpaired) electrons. The van der Waals surface area contributed by atoms with E-state index in [2.05, 4.69) is 10.3 Å². The van der Waals surface area contributed by atoms with Crippen molar-refractivity contribution in [2.24, 2.45) is 5.92 Å². The van der Waals surface area contributed by atoms with Gasteiger partial charge in [0, 0.05) is 12.3 Å². The third-order valence-electron chi connectivity index (χ3n) is 3.24. The molecule has 0 bridgehead atoms. The minimum Gasteiger partial charge on any atom is -0.394 e. The molecule has 0 fully saturated rings. The predicted octanol–water partition coefficient (Wildman–Crippen LogP) is 2.52. The van der Waals surface area contributed by atoms with Crippen molar-refractivity contribution in [3.05, 3.63) is 41.3 Å². The average molecular weight is 322 g/mol.